The minimum atomic E-state index is 0.627. The van der Waals surface area contributed by atoms with E-state index in [1.807, 2.05) is 0 Å². The van der Waals surface area contributed by atoms with Gasteiger partial charge in [-0.05, 0) is 43.3 Å². The van der Waals surface area contributed by atoms with Gasteiger partial charge in [0.1, 0.15) is 0 Å². The van der Waals surface area contributed by atoms with Crippen molar-refractivity contribution in [2.24, 2.45) is 11.8 Å². The topological polar surface area (TPSA) is 24.1 Å². The molecule has 2 saturated carbocycles. The maximum absolute atomic E-state index is 5.42. The molecule has 0 saturated heterocycles. The minimum Gasteiger partial charge on any atom is -0.362 e. The van der Waals surface area contributed by atoms with Crippen LogP contribution in [-0.2, 0) is 0 Å². The summed E-state index contributed by atoms with van der Waals surface area (Å²) in [6.45, 7) is 3.46. The number of hydrogen-bond donors (Lipinski definition) is 2. The van der Waals surface area contributed by atoms with Gasteiger partial charge in [0.2, 0.25) is 0 Å². The van der Waals surface area contributed by atoms with Gasteiger partial charge in [0.15, 0.2) is 5.11 Å². The largest absolute Gasteiger partial charge is 0.362 e. The van der Waals surface area contributed by atoms with Crippen LogP contribution in [0.4, 0.5) is 0 Å². The highest BCUT2D eigenvalue weighted by Crippen LogP contribution is 2.28. The molecule has 2 aliphatic rings. The van der Waals surface area contributed by atoms with Gasteiger partial charge in [-0.3, -0.25) is 0 Å². The molecule has 2 nitrogen and oxygen atoms in total. The van der Waals surface area contributed by atoms with Crippen LogP contribution in [0.3, 0.4) is 0 Å². The van der Waals surface area contributed by atoms with Gasteiger partial charge in [-0.1, -0.05) is 45.4 Å². The molecular formula is C15H28N2S. The van der Waals surface area contributed by atoms with E-state index in [0.717, 1.165) is 23.5 Å². The Morgan fingerprint density at radius 1 is 1.00 bits per heavy atom. The first-order valence-corrected chi connectivity index (χ1v) is 8.21. The lowest BCUT2D eigenvalue weighted by atomic mass is 9.80. The second-order valence-electron chi connectivity index (χ2n) is 6.21. The van der Waals surface area contributed by atoms with Crippen LogP contribution in [0.2, 0.25) is 0 Å². The Kier molecular flexibility index (Phi) is 5.74. The third-order valence-corrected chi connectivity index (χ3v) is 5.02. The highest BCUT2D eigenvalue weighted by molar-refractivity contribution is 7.80. The second kappa shape index (κ2) is 7.32. The van der Waals surface area contributed by atoms with E-state index in [9.17, 15) is 0 Å². The maximum atomic E-state index is 5.42. The minimum absolute atomic E-state index is 0.627. The summed E-state index contributed by atoms with van der Waals surface area (Å²) in [7, 11) is 0. The molecule has 18 heavy (non-hydrogen) atoms. The van der Waals surface area contributed by atoms with Crippen LogP contribution in [0.25, 0.3) is 0 Å². The van der Waals surface area contributed by atoms with Crippen LogP contribution >= 0.6 is 12.2 Å². The van der Waals surface area contributed by atoms with Crippen LogP contribution in [0.1, 0.15) is 64.7 Å². The van der Waals surface area contributed by atoms with Gasteiger partial charge in [-0.2, -0.15) is 0 Å². The van der Waals surface area contributed by atoms with E-state index in [1.54, 1.807) is 0 Å². The first kappa shape index (κ1) is 14.1. The first-order chi connectivity index (χ1) is 8.75. The highest BCUT2D eigenvalue weighted by atomic mass is 32.1. The Bertz CT molecular complexity index is 261. The van der Waals surface area contributed by atoms with E-state index in [0.29, 0.717) is 6.04 Å². The first-order valence-electron chi connectivity index (χ1n) is 7.80. The lowest BCUT2D eigenvalue weighted by molar-refractivity contribution is 0.256. The van der Waals surface area contributed by atoms with E-state index in [2.05, 4.69) is 17.6 Å². The molecule has 0 aromatic carbocycles. The fourth-order valence-electron chi connectivity index (χ4n) is 3.40. The second-order valence-corrected chi connectivity index (χ2v) is 6.62. The molecule has 2 N–H and O–H groups in total. The molecule has 2 atom stereocenters. The molecule has 2 rings (SSSR count). The average Bonchev–Trinajstić information content (AvgIpc) is 2.39. The standard InChI is InChI=1S/C15H28N2S/c1-12-7-5-6-8-13(12)11-16-15(18)17-14-9-3-2-4-10-14/h12-14H,2-11H2,1H3,(H2,16,17,18). The number of nitrogens with one attached hydrogen (secondary N) is 2. The van der Waals surface area contributed by atoms with Gasteiger partial charge in [-0.25, -0.2) is 0 Å². The predicted molar refractivity (Wildman–Crippen MR) is 81.7 cm³/mol. The maximum Gasteiger partial charge on any atom is 0.166 e. The van der Waals surface area contributed by atoms with E-state index in [1.165, 1.54) is 57.8 Å². The highest BCUT2D eigenvalue weighted by Gasteiger charge is 2.21. The third kappa shape index (κ3) is 4.42. The summed E-state index contributed by atoms with van der Waals surface area (Å²) in [6, 6.07) is 0.627. The SMILES string of the molecule is CC1CCCCC1CNC(=S)NC1CCCCC1. The van der Waals surface area contributed by atoms with Crippen LogP contribution in [0.5, 0.6) is 0 Å². The normalized spacial score (nSPS) is 29.8. The summed E-state index contributed by atoms with van der Waals surface area (Å²) in [6.07, 6.45) is 12.3. The summed E-state index contributed by atoms with van der Waals surface area (Å²) < 4.78 is 0. The molecule has 0 bridgehead atoms. The summed E-state index contributed by atoms with van der Waals surface area (Å²) in [5, 5.41) is 7.83. The molecular weight excluding hydrogens is 240 g/mol. The number of hydrogen-bond acceptors (Lipinski definition) is 1. The lowest BCUT2D eigenvalue weighted by Crippen LogP contribution is -2.44. The number of thiocarbonyl (C=S) groups is 1. The van der Waals surface area contributed by atoms with Gasteiger partial charge in [0.05, 0.1) is 0 Å². The van der Waals surface area contributed by atoms with Gasteiger partial charge < -0.3 is 10.6 Å². The van der Waals surface area contributed by atoms with Crippen LogP contribution < -0.4 is 10.6 Å². The monoisotopic (exact) mass is 268 g/mol. The predicted octanol–water partition coefficient (Wildman–Crippen LogP) is 3.61. The zero-order valence-electron chi connectivity index (χ0n) is 11.7. The molecule has 2 fully saturated rings. The summed E-state index contributed by atoms with van der Waals surface area (Å²) in [4.78, 5) is 0. The van der Waals surface area contributed by atoms with Crippen molar-refractivity contribution < 1.29 is 0 Å². The van der Waals surface area contributed by atoms with Crippen molar-refractivity contribution in [1.82, 2.24) is 10.6 Å². The smallest absolute Gasteiger partial charge is 0.166 e. The van der Waals surface area contributed by atoms with Crippen LogP contribution in [0.15, 0.2) is 0 Å². The Morgan fingerprint density at radius 3 is 2.39 bits per heavy atom. The Balaban J connectivity index is 1.64. The molecule has 2 aliphatic carbocycles. The molecule has 0 spiro atoms. The van der Waals surface area contributed by atoms with Crippen molar-refractivity contribution >= 4 is 17.3 Å². The van der Waals surface area contributed by atoms with Gasteiger partial charge >= 0.3 is 0 Å². The lowest BCUT2D eigenvalue weighted by Gasteiger charge is -2.30. The molecule has 2 unspecified atom stereocenters. The quantitative estimate of drug-likeness (QED) is 0.765. The van der Waals surface area contributed by atoms with Crippen molar-refractivity contribution in [1.29, 1.82) is 0 Å². The van der Waals surface area contributed by atoms with Crippen molar-refractivity contribution in [2.45, 2.75) is 70.8 Å². The van der Waals surface area contributed by atoms with Crippen molar-refractivity contribution in [3.05, 3.63) is 0 Å². The molecule has 0 aromatic heterocycles. The molecule has 0 aromatic rings. The van der Waals surface area contributed by atoms with Crippen LogP contribution in [-0.4, -0.2) is 17.7 Å². The molecule has 0 amide bonds. The van der Waals surface area contributed by atoms with Gasteiger partial charge in [0.25, 0.3) is 0 Å². The van der Waals surface area contributed by atoms with E-state index < -0.39 is 0 Å². The molecule has 3 heteroatoms. The Labute approximate surface area is 117 Å². The van der Waals surface area contributed by atoms with E-state index in [-0.39, 0.29) is 0 Å². The zero-order chi connectivity index (χ0) is 12.8. The van der Waals surface area contributed by atoms with Crippen LogP contribution in [0, 0.1) is 11.8 Å². The fourth-order valence-corrected chi connectivity index (χ4v) is 3.65. The van der Waals surface area contributed by atoms with Crippen molar-refractivity contribution in [3.63, 3.8) is 0 Å². The molecule has 104 valence electrons. The van der Waals surface area contributed by atoms with Gasteiger partial charge in [0, 0.05) is 12.6 Å². The zero-order valence-corrected chi connectivity index (χ0v) is 12.5. The molecule has 0 aliphatic heterocycles. The van der Waals surface area contributed by atoms with Crippen molar-refractivity contribution in [3.8, 4) is 0 Å². The molecule has 0 heterocycles. The molecule has 0 radical (unpaired) electrons. The van der Waals surface area contributed by atoms with Crippen molar-refractivity contribution in [2.75, 3.05) is 6.54 Å². The third-order valence-electron chi connectivity index (χ3n) is 4.75. The Hall–Kier alpha value is -0.310. The average molecular weight is 268 g/mol. The summed E-state index contributed by atoms with van der Waals surface area (Å²) in [5.74, 6) is 1.69. The number of rotatable bonds is 3. The van der Waals surface area contributed by atoms with E-state index in [4.69, 9.17) is 12.2 Å². The summed E-state index contributed by atoms with van der Waals surface area (Å²) in [5.41, 5.74) is 0. The van der Waals surface area contributed by atoms with E-state index >= 15 is 0 Å². The summed E-state index contributed by atoms with van der Waals surface area (Å²) >= 11 is 5.42. The van der Waals surface area contributed by atoms with Gasteiger partial charge in [-0.15, -0.1) is 0 Å². The fraction of sp³-hybridized carbons (Fsp3) is 0.933. The Morgan fingerprint density at radius 2 is 1.67 bits per heavy atom.